The van der Waals surface area contributed by atoms with E-state index in [1.165, 1.54) is 11.3 Å². The van der Waals surface area contributed by atoms with Gasteiger partial charge in [0, 0.05) is 7.05 Å². The summed E-state index contributed by atoms with van der Waals surface area (Å²) in [7, 11) is 1.69. The number of hydrogen-bond donors (Lipinski definition) is 2. The van der Waals surface area contributed by atoms with E-state index in [4.69, 9.17) is 0 Å². The summed E-state index contributed by atoms with van der Waals surface area (Å²) in [6.45, 7) is 3.27. The largest absolute Gasteiger partial charge is 0.337 e. The van der Waals surface area contributed by atoms with Gasteiger partial charge in [-0.25, -0.2) is 4.98 Å². The number of nitrogens with zero attached hydrogens (tertiary/aromatic N) is 2. The first-order valence-electron chi connectivity index (χ1n) is 6.03. The summed E-state index contributed by atoms with van der Waals surface area (Å²) in [6, 6.07) is 1.80. The number of fused-ring (bicyclic) bond motifs is 1. The third kappa shape index (κ3) is 3.18. The van der Waals surface area contributed by atoms with E-state index in [1.807, 2.05) is 12.3 Å². The van der Waals surface area contributed by atoms with Crippen molar-refractivity contribution in [1.29, 1.82) is 0 Å². The first kappa shape index (κ1) is 13.7. The summed E-state index contributed by atoms with van der Waals surface area (Å²) in [5, 5.41) is 4.80. The molecule has 6 nitrogen and oxygen atoms in total. The van der Waals surface area contributed by atoms with Crippen LogP contribution in [0, 0.1) is 0 Å². The molecule has 0 spiro atoms. The summed E-state index contributed by atoms with van der Waals surface area (Å²) in [6.07, 6.45) is 0. The lowest BCUT2D eigenvalue weighted by atomic mass is 10.4. The van der Waals surface area contributed by atoms with Gasteiger partial charge in [-0.05, 0) is 18.0 Å². The van der Waals surface area contributed by atoms with Crippen molar-refractivity contribution >= 4 is 27.5 Å². The fraction of sp³-hybridized carbons (Fsp3) is 0.417. The fourth-order valence-corrected chi connectivity index (χ4v) is 2.40. The van der Waals surface area contributed by atoms with Gasteiger partial charge in [-0.15, -0.1) is 11.3 Å². The highest BCUT2D eigenvalue weighted by atomic mass is 32.1. The van der Waals surface area contributed by atoms with Crippen LogP contribution in [0.3, 0.4) is 0 Å². The highest BCUT2D eigenvalue weighted by Gasteiger charge is 2.11. The van der Waals surface area contributed by atoms with Gasteiger partial charge in [-0.1, -0.05) is 6.92 Å². The Morgan fingerprint density at radius 3 is 3.11 bits per heavy atom. The molecule has 2 heterocycles. The number of aromatic nitrogens is 2. The number of H-pyrrole nitrogens is 1. The van der Waals surface area contributed by atoms with Crippen LogP contribution in [0.25, 0.3) is 10.2 Å². The van der Waals surface area contributed by atoms with Crippen LogP contribution in [0.4, 0.5) is 0 Å². The Hall–Kier alpha value is -1.73. The monoisotopic (exact) mass is 280 g/mol. The highest BCUT2D eigenvalue weighted by Crippen LogP contribution is 2.13. The summed E-state index contributed by atoms with van der Waals surface area (Å²) in [5.41, 5.74) is 0.527. The molecule has 2 aromatic rings. The van der Waals surface area contributed by atoms with Gasteiger partial charge >= 0.3 is 0 Å². The van der Waals surface area contributed by atoms with Crippen molar-refractivity contribution in [3.8, 4) is 0 Å². The van der Waals surface area contributed by atoms with E-state index in [-0.39, 0.29) is 18.0 Å². The van der Waals surface area contributed by atoms with Crippen molar-refractivity contribution in [2.24, 2.45) is 0 Å². The molecule has 0 radical (unpaired) electrons. The lowest BCUT2D eigenvalue weighted by Crippen LogP contribution is -2.35. The molecule has 2 N–H and O–H groups in total. The summed E-state index contributed by atoms with van der Waals surface area (Å²) < 4.78 is 0.616. The van der Waals surface area contributed by atoms with Crippen LogP contribution in [-0.2, 0) is 11.3 Å². The van der Waals surface area contributed by atoms with E-state index in [2.05, 4.69) is 15.3 Å². The zero-order valence-corrected chi connectivity index (χ0v) is 11.7. The maximum Gasteiger partial charge on any atom is 0.268 e. The quantitative estimate of drug-likeness (QED) is 0.838. The van der Waals surface area contributed by atoms with E-state index >= 15 is 0 Å². The molecule has 0 saturated heterocycles. The maximum atomic E-state index is 11.8. The molecule has 0 fully saturated rings. The van der Waals surface area contributed by atoms with Crippen molar-refractivity contribution in [1.82, 2.24) is 20.2 Å². The summed E-state index contributed by atoms with van der Waals surface area (Å²) >= 11 is 1.36. The van der Waals surface area contributed by atoms with Crippen LogP contribution in [-0.4, -0.2) is 40.9 Å². The van der Waals surface area contributed by atoms with Crippen LogP contribution in [0.1, 0.15) is 12.7 Å². The second kappa shape index (κ2) is 5.94. The topological polar surface area (TPSA) is 78.1 Å². The number of hydrogen-bond acceptors (Lipinski definition) is 5. The Morgan fingerprint density at radius 2 is 2.37 bits per heavy atom. The molecule has 2 aromatic heterocycles. The summed E-state index contributed by atoms with van der Waals surface area (Å²) in [5.74, 6) is 0.471. The Labute approximate surface area is 114 Å². The minimum absolute atomic E-state index is 0.0325. The number of aromatic amines is 1. The lowest BCUT2D eigenvalue weighted by Gasteiger charge is -2.16. The predicted molar refractivity (Wildman–Crippen MR) is 75.3 cm³/mol. The van der Waals surface area contributed by atoms with Gasteiger partial charge < -0.3 is 15.2 Å². The molecule has 0 aromatic carbocycles. The van der Waals surface area contributed by atoms with Gasteiger partial charge in [-0.3, -0.25) is 9.59 Å². The Bertz CT molecular complexity index is 634. The molecule has 0 aliphatic carbocycles. The molecule has 0 unspecified atom stereocenters. The number of thiophene rings is 1. The van der Waals surface area contributed by atoms with Gasteiger partial charge in [-0.2, -0.15) is 0 Å². The number of nitrogens with one attached hydrogen (secondary N) is 2. The first-order valence-corrected chi connectivity index (χ1v) is 6.91. The number of rotatable bonds is 5. The molecule has 7 heteroatoms. The van der Waals surface area contributed by atoms with Gasteiger partial charge in [0.15, 0.2) is 0 Å². The van der Waals surface area contributed by atoms with E-state index in [1.54, 1.807) is 18.0 Å². The number of likely N-dealkylation sites (N-methyl/N-ethyl adjacent to an activating group) is 2. The third-order valence-corrected chi connectivity index (χ3v) is 3.61. The minimum atomic E-state index is -0.150. The molecule has 102 valence electrons. The van der Waals surface area contributed by atoms with Crippen molar-refractivity contribution in [2.45, 2.75) is 13.5 Å². The van der Waals surface area contributed by atoms with Gasteiger partial charge in [0.05, 0.1) is 18.6 Å². The van der Waals surface area contributed by atoms with E-state index in [0.717, 1.165) is 6.54 Å². The molecular formula is C12H16N4O2S. The second-order valence-electron chi connectivity index (χ2n) is 4.18. The minimum Gasteiger partial charge on any atom is -0.337 e. The van der Waals surface area contributed by atoms with E-state index in [9.17, 15) is 9.59 Å². The fourth-order valence-electron chi connectivity index (χ4n) is 1.68. The molecular weight excluding hydrogens is 264 g/mol. The Kier molecular flexibility index (Phi) is 4.28. The standard InChI is InChI=1S/C12H16N4O2S/c1-3-13-6-10(17)16(2)7-9-14-8-4-5-19-11(8)12(18)15-9/h4-5,13H,3,6-7H2,1-2H3,(H,14,15,18). The van der Waals surface area contributed by atoms with Crippen molar-refractivity contribution in [2.75, 3.05) is 20.1 Å². The Balaban J connectivity index is 2.12. The highest BCUT2D eigenvalue weighted by molar-refractivity contribution is 7.17. The average Bonchev–Trinajstić information content (AvgIpc) is 2.84. The molecule has 0 aliphatic heterocycles. The zero-order valence-electron chi connectivity index (χ0n) is 10.9. The van der Waals surface area contributed by atoms with Gasteiger partial charge in [0.25, 0.3) is 5.56 Å². The van der Waals surface area contributed by atoms with Crippen LogP contribution in [0.5, 0.6) is 0 Å². The number of carbonyl (C=O) groups excluding carboxylic acids is 1. The number of carbonyl (C=O) groups is 1. The molecule has 0 bridgehead atoms. The lowest BCUT2D eigenvalue weighted by molar-refractivity contribution is -0.129. The molecule has 1 amide bonds. The SMILES string of the molecule is CCNCC(=O)N(C)Cc1nc2ccsc2c(=O)[nH]1. The van der Waals surface area contributed by atoms with Crippen LogP contribution in [0.15, 0.2) is 16.2 Å². The Morgan fingerprint density at radius 1 is 1.58 bits per heavy atom. The molecule has 19 heavy (non-hydrogen) atoms. The van der Waals surface area contributed by atoms with Crippen LogP contribution >= 0.6 is 11.3 Å². The smallest absolute Gasteiger partial charge is 0.268 e. The maximum absolute atomic E-state index is 11.8. The van der Waals surface area contributed by atoms with Crippen molar-refractivity contribution < 1.29 is 4.79 Å². The number of amides is 1. The van der Waals surface area contributed by atoms with Crippen LogP contribution < -0.4 is 10.9 Å². The third-order valence-electron chi connectivity index (χ3n) is 2.70. The molecule has 2 rings (SSSR count). The molecule has 0 saturated carbocycles. The zero-order chi connectivity index (χ0) is 13.8. The van der Waals surface area contributed by atoms with E-state index in [0.29, 0.717) is 22.6 Å². The predicted octanol–water partition coefficient (Wildman–Crippen LogP) is 0.552. The normalized spacial score (nSPS) is 10.8. The molecule has 0 atom stereocenters. The van der Waals surface area contributed by atoms with E-state index < -0.39 is 0 Å². The van der Waals surface area contributed by atoms with Crippen molar-refractivity contribution in [3.63, 3.8) is 0 Å². The van der Waals surface area contributed by atoms with Crippen LogP contribution in [0.2, 0.25) is 0 Å². The summed E-state index contributed by atoms with van der Waals surface area (Å²) in [4.78, 5) is 32.1. The van der Waals surface area contributed by atoms with Gasteiger partial charge in [0.2, 0.25) is 5.91 Å². The van der Waals surface area contributed by atoms with Crippen molar-refractivity contribution in [3.05, 3.63) is 27.6 Å². The van der Waals surface area contributed by atoms with Gasteiger partial charge in [0.1, 0.15) is 10.5 Å². The average molecular weight is 280 g/mol. The molecule has 0 aliphatic rings. The first-order chi connectivity index (χ1) is 9.11. The second-order valence-corrected chi connectivity index (χ2v) is 5.09.